The van der Waals surface area contributed by atoms with Gasteiger partial charge in [-0.05, 0) is 24.7 Å². The highest BCUT2D eigenvalue weighted by molar-refractivity contribution is 7.99. The summed E-state index contributed by atoms with van der Waals surface area (Å²) >= 11 is 1.71. The SMILES string of the molecule is CNCc1cccc(SCC2CNC(=O)O2)c1. The summed E-state index contributed by atoms with van der Waals surface area (Å²) in [6.45, 7) is 1.48. The average Bonchev–Trinajstić information content (AvgIpc) is 2.74. The second-order valence-corrected chi connectivity index (χ2v) is 4.99. The van der Waals surface area contributed by atoms with Crippen molar-refractivity contribution in [2.45, 2.75) is 17.5 Å². The summed E-state index contributed by atoms with van der Waals surface area (Å²) in [6, 6.07) is 8.38. The lowest BCUT2D eigenvalue weighted by Crippen LogP contribution is -2.16. The zero-order valence-corrected chi connectivity index (χ0v) is 10.5. The first-order valence-electron chi connectivity index (χ1n) is 5.59. The van der Waals surface area contributed by atoms with Crippen molar-refractivity contribution < 1.29 is 9.53 Å². The van der Waals surface area contributed by atoms with Crippen LogP contribution in [0, 0.1) is 0 Å². The van der Waals surface area contributed by atoms with Crippen LogP contribution in [0.4, 0.5) is 4.79 Å². The number of amides is 1. The van der Waals surface area contributed by atoms with E-state index < -0.39 is 0 Å². The van der Waals surface area contributed by atoms with Crippen LogP contribution in [0.3, 0.4) is 0 Å². The van der Waals surface area contributed by atoms with E-state index in [0.29, 0.717) is 6.54 Å². The number of hydrogen-bond acceptors (Lipinski definition) is 4. The summed E-state index contributed by atoms with van der Waals surface area (Å²) in [5, 5.41) is 5.78. The van der Waals surface area contributed by atoms with Crippen molar-refractivity contribution in [3.63, 3.8) is 0 Å². The Kier molecular flexibility index (Phi) is 4.28. The molecule has 0 radical (unpaired) electrons. The Balaban J connectivity index is 1.85. The molecule has 92 valence electrons. The first-order chi connectivity index (χ1) is 8.28. The molecule has 1 atom stereocenters. The van der Waals surface area contributed by atoms with Crippen molar-refractivity contribution in [3.05, 3.63) is 29.8 Å². The summed E-state index contributed by atoms with van der Waals surface area (Å²) in [5.41, 5.74) is 1.26. The topological polar surface area (TPSA) is 50.4 Å². The summed E-state index contributed by atoms with van der Waals surface area (Å²) in [6.07, 6.45) is -0.319. The molecule has 1 aromatic rings. The third kappa shape index (κ3) is 3.64. The molecule has 5 heteroatoms. The molecule has 1 heterocycles. The maximum absolute atomic E-state index is 10.9. The van der Waals surface area contributed by atoms with E-state index in [1.807, 2.05) is 13.1 Å². The Labute approximate surface area is 105 Å². The summed E-state index contributed by atoms with van der Waals surface area (Å²) < 4.78 is 5.08. The molecule has 2 N–H and O–H groups in total. The molecule has 1 aromatic carbocycles. The molecule has 0 bridgehead atoms. The zero-order chi connectivity index (χ0) is 12.1. The number of nitrogens with one attached hydrogen (secondary N) is 2. The standard InChI is InChI=1S/C12H16N2O2S/c1-13-6-9-3-2-4-11(5-9)17-8-10-7-14-12(15)16-10/h2-5,10,13H,6-8H2,1H3,(H,14,15). The quantitative estimate of drug-likeness (QED) is 0.782. The van der Waals surface area contributed by atoms with E-state index in [1.165, 1.54) is 10.5 Å². The number of carbonyl (C=O) groups excluding carboxylic acids is 1. The van der Waals surface area contributed by atoms with Gasteiger partial charge in [0.05, 0.1) is 6.54 Å². The first-order valence-corrected chi connectivity index (χ1v) is 6.57. The van der Waals surface area contributed by atoms with Crippen molar-refractivity contribution in [1.82, 2.24) is 10.6 Å². The molecule has 1 amide bonds. The minimum atomic E-state index is -0.306. The number of thioether (sulfide) groups is 1. The fourth-order valence-electron chi connectivity index (χ4n) is 1.66. The minimum absolute atomic E-state index is 0.0135. The molecule has 1 aliphatic rings. The number of rotatable bonds is 5. The van der Waals surface area contributed by atoms with Gasteiger partial charge in [0.25, 0.3) is 0 Å². The van der Waals surface area contributed by atoms with E-state index in [9.17, 15) is 4.79 Å². The summed E-state index contributed by atoms with van der Waals surface area (Å²) in [4.78, 5) is 12.1. The van der Waals surface area contributed by atoms with E-state index in [1.54, 1.807) is 11.8 Å². The van der Waals surface area contributed by atoms with Crippen LogP contribution in [0.5, 0.6) is 0 Å². The van der Waals surface area contributed by atoms with Crippen molar-refractivity contribution in [1.29, 1.82) is 0 Å². The molecule has 0 aromatic heterocycles. The number of ether oxygens (including phenoxy) is 1. The molecular weight excluding hydrogens is 236 g/mol. The summed E-state index contributed by atoms with van der Waals surface area (Å²) in [7, 11) is 1.93. The van der Waals surface area contributed by atoms with E-state index in [2.05, 4.69) is 28.8 Å². The number of benzene rings is 1. The molecule has 1 fully saturated rings. The Morgan fingerprint density at radius 2 is 2.47 bits per heavy atom. The highest BCUT2D eigenvalue weighted by atomic mass is 32.2. The van der Waals surface area contributed by atoms with E-state index in [0.717, 1.165) is 12.3 Å². The number of carbonyl (C=O) groups is 1. The Bertz CT molecular complexity index is 398. The second kappa shape index (κ2) is 5.93. The maximum Gasteiger partial charge on any atom is 0.407 e. The van der Waals surface area contributed by atoms with Crippen LogP contribution in [0.2, 0.25) is 0 Å². The predicted molar refractivity (Wildman–Crippen MR) is 68.2 cm³/mol. The van der Waals surface area contributed by atoms with Gasteiger partial charge in [-0.15, -0.1) is 11.8 Å². The van der Waals surface area contributed by atoms with Crippen LogP contribution in [0.15, 0.2) is 29.2 Å². The highest BCUT2D eigenvalue weighted by Gasteiger charge is 2.22. The number of cyclic esters (lactones) is 1. The molecular formula is C12H16N2O2S. The fraction of sp³-hybridized carbons (Fsp3) is 0.417. The van der Waals surface area contributed by atoms with Gasteiger partial charge < -0.3 is 15.4 Å². The summed E-state index contributed by atoms with van der Waals surface area (Å²) in [5.74, 6) is 0.793. The maximum atomic E-state index is 10.9. The first kappa shape index (κ1) is 12.3. The van der Waals surface area contributed by atoms with Crippen LogP contribution < -0.4 is 10.6 Å². The van der Waals surface area contributed by atoms with Gasteiger partial charge in [-0.25, -0.2) is 4.79 Å². The van der Waals surface area contributed by atoms with Gasteiger partial charge in [-0.3, -0.25) is 0 Å². The Hall–Kier alpha value is -1.20. The van der Waals surface area contributed by atoms with Crippen LogP contribution in [-0.4, -0.2) is 31.5 Å². The van der Waals surface area contributed by atoms with Crippen LogP contribution in [-0.2, 0) is 11.3 Å². The van der Waals surface area contributed by atoms with E-state index in [-0.39, 0.29) is 12.2 Å². The van der Waals surface area contributed by atoms with E-state index in [4.69, 9.17) is 4.74 Å². The van der Waals surface area contributed by atoms with Gasteiger partial charge in [-0.1, -0.05) is 12.1 Å². The van der Waals surface area contributed by atoms with Crippen molar-refractivity contribution in [2.75, 3.05) is 19.3 Å². The Morgan fingerprint density at radius 3 is 3.18 bits per heavy atom. The molecule has 1 saturated heterocycles. The van der Waals surface area contributed by atoms with Gasteiger partial charge >= 0.3 is 6.09 Å². The zero-order valence-electron chi connectivity index (χ0n) is 9.73. The molecule has 2 rings (SSSR count). The monoisotopic (exact) mass is 252 g/mol. The van der Waals surface area contributed by atoms with Crippen LogP contribution in [0.25, 0.3) is 0 Å². The average molecular weight is 252 g/mol. The van der Waals surface area contributed by atoms with Crippen molar-refractivity contribution >= 4 is 17.9 Å². The lowest BCUT2D eigenvalue weighted by Gasteiger charge is -2.08. The third-order valence-electron chi connectivity index (χ3n) is 2.46. The molecule has 1 unspecified atom stereocenters. The highest BCUT2D eigenvalue weighted by Crippen LogP contribution is 2.21. The van der Waals surface area contributed by atoms with Crippen molar-refractivity contribution in [3.8, 4) is 0 Å². The second-order valence-electron chi connectivity index (χ2n) is 3.90. The normalized spacial score (nSPS) is 18.9. The minimum Gasteiger partial charge on any atom is -0.443 e. The third-order valence-corrected chi connectivity index (χ3v) is 3.59. The fourth-order valence-corrected chi connectivity index (χ4v) is 2.64. The van der Waals surface area contributed by atoms with Gasteiger partial charge in [-0.2, -0.15) is 0 Å². The van der Waals surface area contributed by atoms with Gasteiger partial charge in [0.15, 0.2) is 0 Å². The smallest absolute Gasteiger partial charge is 0.407 e. The molecule has 17 heavy (non-hydrogen) atoms. The van der Waals surface area contributed by atoms with Gasteiger partial charge in [0.2, 0.25) is 0 Å². The van der Waals surface area contributed by atoms with Gasteiger partial charge in [0, 0.05) is 17.2 Å². The number of hydrogen-bond donors (Lipinski definition) is 2. The van der Waals surface area contributed by atoms with Gasteiger partial charge in [0.1, 0.15) is 6.10 Å². The number of alkyl carbamates (subject to hydrolysis) is 1. The lowest BCUT2D eigenvalue weighted by atomic mass is 10.2. The lowest BCUT2D eigenvalue weighted by molar-refractivity contribution is 0.150. The molecule has 4 nitrogen and oxygen atoms in total. The predicted octanol–water partition coefficient (Wildman–Crippen LogP) is 1.61. The van der Waals surface area contributed by atoms with Crippen LogP contribution in [0.1, 0.15) is 5.56 Å². The van der Waals surface area contributed by atoms with Crippen molar-refractivity contribution in [2.24, 2.45) is 0 Å². The molecule has 1 aliphatic heterocycles. The van der Waals surface area contributed by atoms with Crippen LogP contribution >= 0.6 is 11.8 Å². The largest absolute Gasteiger partial charge is 0.443 e. The van der Waals surface area contributed by atoms with E-state index >= 15 is 0 Å². The molecule has 0 saturated carbocycles. The molecule has 0 aliphatic carbocycles. The molecule has 0 spiro atoms. The Morgan fingerprint density at radius 1 is 1.59 bits per heavy atom.